The fourth-order valence-corrected chi connectivity index (χ4v) is 7.50. The van der Waals surface area contributed by atoms with E-state index in [2.05, 4.69) is 0 Å². The fraction of sp³-hybridized carbons (Fsp3) is 0.536. The number of likely N-dealkylation sites (tertiary alicyclic amines) is 1. The van der Waals surface area contributed by atoms with Crippen molar-refractivity contribution in [2.75, 3.05) is 26.2 Å². The van der Waals surface area contributed by atoms with Crippen molar-refractivity contribution < 1.29 is 18.3 Å². The second-order valence-corrected chi connectivity index (χ2v) is 12.3. The van der Waals surface area contributed by atoms with E-state index in [1.807, 2.05) is 47.4 Å². The highest BCUT2D eigenvalue weighted by Crippen LogP contribution is 2.33. The van der Waals surface area contributed by atoms with E-state index in [0.717, 1.165) is 37.7 Å². The van der Waals surface area contributed by atoms with Crippen LogP contribution < -0.4 is 0 Å². The van der Waals surface area contributed by atoms with Gasteiger partial charge in [0, 0.05) is 32.1 Å². The average molecular weight is 497 g/mol. The van der Waals surface area contributed by atoms with E-state index >= 15 is 0 Å². The van der Waals surface area contributed by atoms with Gasteiger partial charge in [-0.3, -0.25) is 4.79 Å². The van der Waals surface area contributed by atoms with Crippen LogP contribution in [0.3, 0.4) is 0 Å². The van der Waals surface area contributed by atoms with E-state index in [4.69, 9.17) is 0 Å². The average Bonchev–Trinajstić information content (AvgIpc) is 2.92. The number of aliphatic hydroxyl groups is 1. The maximum absolute atomic E-state index is 13.3. The van der Waals surface area contributed by atoms with E-state index in [9.17, 15) is 18.3 Å². The van der Waals surface area contributed by atoms with Crippen molar-refractivity contribution in [2.24, 2.45) is 11.8 Å². The van der Waals surface area contributed by atoms with Gasteiger partial charge in [-0.15, -0.1) is 0 Å². The molecule has 3 aliphatic rings. The number of carbonyl (C=O) groups excluding carboxylic acids is 1. The minimum Gasteiger partial charge on any atom is -0.388 e. The fourth-order valence-electron chi connectivity index (χ4n) is 5.98. The largest absolute Gasteiger partial charge is 0.388 e. The molecule has 0 radical (unpaired) electrons. The number of nitrogens with zero attached hydrogens (tertiary/aromatic N) is 2. The third kappa shape index (κ3) is 5.18. The van der Waals surface area contributed by atoms with Crippen molar-refractivity contribution in [3.05, 3.63) is 65.2 Å². The third-order valence-corrected chi connectivity index (χ3v) is 10.1. The minimum atomic E-state index is -3.53. The Morgan fingerprint density at radius 1 is 0.857 bits per heavy atom. The van der Waals surface area contributed by atoms with Crippen LogP contribution in [0, 0.1) is 11.8 Å². The number of aryl methyl sites for hydroxylation is 2. The lowest BCUT2D eigenvalue weighted by atomic mass is 9.86. The molecule has 6 nitrogen and oxygen atoms in total. The molecule has 1 unspecified atom stereocenters. The van der Waals surface area contributed by atoms with Crippen molar-refractivity contribution in [1.29, 1.82) is 0 Å². The number of sulfonamides is 1. The summed E-state index contributed by atoms with van der Waals surface area (Å²) < 4.78 is 28.1. The maximum atomic E-state index is 13.3. The van der Waals surface area contributed by atoms with Crippen LogP contribution in [-0.2, 0) is 27.7 Å². The van der Waals surface area contributed by atoms with Crippen LogP contribution in [0.1, 0.15) is 61.3 Å². The predicted molar refractivity (Wildman–Crippen MR) is 135 cm³/mol. The molecule has 2 heterocycles. The van der Waals surface area contributed by atoms with Gasteiger partial charge in [0.15, 0.2) is 0 Å². The topological polar surface area (TPSA) is 77.9 Å². The number of benzene rings is 2. The van der Waals surface area contributed by atoms with Crippen molar-refractivity contribution in [3.8, 4) is 0 Å². The predicted octanol–water partition coefficient (Wildman–Crippen LogP) is 3.94. The Morgan fingerprint density at radius 3 is 2.20 bits per heavy atom. The zero-order chi connectivity index (χ0) is 24.4. The maximum Gasteiger partial charge on any atom is 0.243 e. The molecule has 7 heteroatoms. The Labute approximate surface area is 209 Å². The summed E-state index contributed by atoms with van der Waals surface area (Å²) in [5.41, 5.74) is 3.38. The molecule has 0 saturated carbocycles. The quantitative estimate of drug-likeness (QED) is 0.680. The molecule has 2 fully saturated rings. The molecule has 0 bridgehead atoms. The number of hydrogen-bond acceptors (Lipinski definition) is 4. The lowest BCUT2D eigenvalue weighted by Crippen LogP contribution is -2.47. The van der Waals surface area contributed by atoms with E-state index in [1.165, 1.54) is 17.5 Å². The molecule has 2 saturated heterocycles. The van der Waals surface area contributed by atoms with Crippen LogP contribution in [-0.4, -0.2) is 54.8 Å². The molecule has 188 valence electrons. The highest BCUT2D eigenvalue weighted by atomic mass is 32.2. The molecule has 2 aromatic carbocycles. The monoisotopic (exact) mass is 496 g/mol. The Kier molecular flexibility index (Phi) is 7.28. The van der Waals surface area contributed by atoms with E-state index < -0.39 is 16.1 Å². The first-order valence-electron chi connectivity index (χ1n) is 13.1. The first-order chi connectivity index (χ1) is 16.9. The molecule has 0 spiro atoms. The minimum absolute atomic E-state index is 0.124. The van der Waals surface area contributed by atoms with Crippen molar-refractivity contribution in [3.63, 3.8) is 0 Å². The SMILES string of the molecule is O=C(C1CCN(S(=O)(=O)c2ccc3c(c2)CCCC3)CC1)N1CCC(C(O)c2ccccc2)CC1. The van der Waals surface area contributed by atoms with Gasteiger partial charge in [-0.05, 0) is 86.1 Å². The first-order valence-corrected chi connectivity index (χ1v) is 14.5. The lowest BCUT2D eigenvalue weighted by Gasteiger charge is -2.38. The van der Waals surface area contributed by atoms with E-state index in [-0.39, 0.29) is 17.7 Å². The molecule has 35 heavy (non-hydrogen) atoms. The molecular weight excluding hydrogens is 460 g/mol. The summed E-state index contributed by atoms with van der Waals surface area (Å²) >= 11 is 0. The van der Waals surface area contributed by atoms with Gasteiger partial charge in [0.05, 0.1) is 11.0 Å². The highest BCUT2D eigenvalue weighted by Gasteiger charge is 2.36. The summed E-state index contributed by atoms with van der Waals surface area (Å²) in [6.45, 7) is 2.08. The zero-order valence-corrected chi connectivity index (χ0v) is 21.1. The molecule has 2 aromatic rings. The first kappa shape index (κ1) is 24.5. The molecule has 1 N–H and O–H groups in total. The number of rotatable bonds is 5. The van der Waals surface area contributed by atoms with Crippen LogP contribution in [0.25, 0.3) is 0 Å². The van der Waals surface area contributed by atoms with Gasteiger partial charge in [-0.25, -0.2) is 8.42 Å². The highest BCUT2D eigenvalue weighted by molar-refractivity contribution is 7.89. The van der Waals surface area contributed by atoms with Gasteiger partial charge in [0.1, 0.15) is 0 Å². The Balaban J connectivity index is 1.14. The Bertz CT molecular complexity index is 1130. The number of aliphatic hydroxyl groups excluding tert-OH is 1. The lowest BCUT2D eigenvalue weighted by molar-refractivity contribution is -0.138. The van der Waals surface area contributed by atoms with Crippen LogP contribution >= 0.6 is 0 Å². The number of piperidine rings is 2. The molecule has 2 aliphatic heterocycles. The summed E-state index contributed by atoms with van der Waals surface area (Å²) in [5.74, 6) is 0.175. The molecule has 1 atom stereocenters. The summed E-state index contributed by atoms with van der Waals surface area (Å²) in [6.07, 6.45) is 6.48. The smallest absolute Gasteiger partial charge is 0.243 e. The Hall–Kier alpha value is -2.22. The number of amides is 1. The van der Waals surface area contributed by atoms with Gasteiger partial charge < -0.3 is 10.0 Å². The number of hydrogen-bond donors (Lipinski definition) is 1. The second-order valence-electron chi connectivity index (χ2n) is 10.3. The van der Waals surface area contributed by atoms with Crippen molar-refractivity contribution in [1.82, 2.24) is 9.21 Å². The molecule has 1 amide bonds. The standard InChI is InChI=1S/C28H36N2O4S/c31-27(22-7-2-1-3-8-22)23-12-16-29(17-13-23)28(32)24-14-18-30(19-15-24)35(33,34)26-11-10-21-6-4-5-9-25(21)20-26/h1-3,7-8,10-11,20,23-24,27,31H,4-6,9,12-19H2. The van der Waals surface area contributed by atoms with Gasteiger partial charge >= 0.3 is 0 Å². The summed E-state index contributed by atoms with van der Waals surface area (Å²) in [4.78, 5) is 15.5. The number of fused-ring (bicyclic) bond motifs is 1. The molecule has 0 aromatic heterocycles. The Morgan fingerprint density at radius 2 is 1.51 bits per heavy atom. The van der Waals surface area contributed by atoms with Gasteiger partial charge in [0.2, 0.25) is 15.9 Å². The third-order valence-electron chi connectivity index (χ3n) is 8.20. The zero-order valence-electron chi connectivity index (χ0n) is 20.3. The summed E-state index contributed by atoms with van der Waals surface area (Å²) in [6, 6.07) is 15.3. The molecule has 1 aliphatic carbocycles. The van der Waals surface area contributed by atoms with E-state index in [0.29, 0.717) is 43.9 Å². The van der Waals surface area contributed by atoms with Crippen molar-refractivity contribution in [2.45, 2.75) is 62.4 Å². The molecule has 5 rings (SSSR count). The van der Waals surface area contributed by atoms with Crippen LogP contribution in [0.5, 0.6) is 0 Å². The normalized spacial score (nSPS) is 21.5. The summed E-state index contributed by atoms with van der Waals surface area (Å²) in [7, 11) is -3.53. The van der Waals surface area contributed by atoms with Crippen LogP contribution in [0.2, 0.25) is 0 Å². The molecular formula is C28H36N2O4S. The second kappa shape index (κ2) is 10.4. The van der Waals surface area contributed by atoms with Crippen LogP contribution in [0.15, 0.2) is 53.4 Å². The summed E-state index contributed by atoms with van der Waals surface area (Å²) in [5, 5.41) is 10.7. The van der Waals surface area contributed by atoms with Gasteiger partial charge in [-0.2, -0.15) is 4.31 Å². The number of carbonyl (C=O) groups is 1. The van der Waals surface area contributed by atoms with Gasteiger partial charge in [-0.1, -0.05) is 36.4 Å². The van der Waals surface area contributed by atoms with E-state index in [1.54, 1.807) is 10.4 Å². The van der Waals surface area contributed by atoms with Crippen molar-refractivity contribution >= 4 is 15.9 Å². The van der Waals surface area contributed by atoms with Crippen LogP contribution in [0.4, 0.5) is 0 Å². The van der Waals surface area contributed by atoms with Gasteiger partial charge in [0.25, 0.3) is 0 Å².